The summed E-state index contributed by atoms with van der Waals surface area (Å²) in [6.45, 7) is 0. The molecule has 0 fully saturated rings. The molecule has 0 saturated heterocycles. The smallest absolute Gasteiger partial charge is 0.190 e. The van der Waals surface area contributed by atoms with E-state index in [1.807, 2.05) is 18.2 Å². The third-order valence-electron chi connectivity index (χ3n) is 4.06. The molecule has 0 aromatic heterocycles. The summed E-state index contributed by atoms with van der Waals surface area (Å²) in [5, 5.41) is -0.182. The van der Waals surface area contributed by atoms with Gasteiger partial charge in [0.05, 0.1) is 16.3 Å². The van der Waals surface area contributed by atoms with Crippen LogP contribution in [0.1, 0.15) is 5.56 Å². The highest BCUT2D eigenvalue weighted by atomic mass is 127. The van der Waals surface area contributed by atoms with Crippen molar-refractivity contribution in [1.82, 2.24) is 0 Å². The topological polar surface area (TPSA) is 46.5 Å². The van der Waals surface area contributed by atoms with Crippen molar-refractivity contribution < 1.29 is 8.42 Å². The van der Waals surface area contributed by atoms with Gasteiger partial charge in [-0.25, -0.2) is 8.42 Å². The van der Waals surface area contributed by atoms with Crippen molar-refractivity contribution in [1.29, 1.82) is 0 Å². The lowest BCUT2D eigenvalue weighted by Crippen LogP contribution is -2.30. The molecular weight excluding hydrogens is 457 g/mol. The molecular formula is C18H11ClINO2S. The monoisotopic (exact) mass is 467 g/mol. The molecule has 6 heteroatoms. The first kappa shape index (κ1) is 16.1. The Morgan fingerprint density at radius 3 is 2.58 bits per heavy atom. The zero-order chi connectivity index (χ0) is 16.9. The molecule has 0 radical (unpaired) electrons. The second-order valence-corrected chi connectivity index (χ2v) is 9.19. The van der Waals surface area contributed by atoms with Crippen molar-refractivity contribution in [2.75, 3.05) is 0 Å². The van der Waals surface area contributed by atoms with Crippen LogP contribution in [-0.2, 0) is 9.84 Å². The van der Waals surface area contributed by atoms with Gasteiger partial charge in [0.15, 0.2) is 9.84 Å². The zero-order valence-electron chi connectivity index (χ0n) is 12.3. The van der Waals surface area contributed by atoms with Crippen molar-refractivity contribution in [3.63, 3.8) is 0 Å². The minimum Gasteiger partial charge on any atom is -0.250 e. The highest BCUT2D eigenvalue weighted by Crippen LogP contribution is 2.44. The van der Waals surface area contributed by atoms with Crippen LogP contribution in [0, 0.1) is 0 Å². The molecule has 120 valence electrons. The van der Waals surface area contributed by atoms with E-state index < -0.39 is 15.1 Å². The van der Waals surface area contributed by atoms with E-state index in [-0.39, 0.29) is 0 Å². The van der Waals surface area contributed by atoms with E-state index in [0.29, 0.717) is 15.6 Å². The average molecular weight is 468 g/mol. The molecule has 0 N–H and O–H groups in total. The summed E-state index contributed by atoms with van der Waals surface area (Å²) in [6.07, 6.45) is 3.55. The van der Waals surface area contributed by atoms with Gasteiger partial charge in [-0.1, -0.05) is 42.0 Å². The lowest BCUT2D eigenvalue weighted by molar-refractivity contribution is 0.595. The Bertz CT molecular complexity index is 1040. The molecule has 24 heavy (non-hydrogen) atoms. The Balaban J connectivity index is 1.88. The standard InChI is InChI=1S/C18H11ClINO2S/c19-11-6-8-15-13(10-11)17-14(20)7-9-16(18(17)21-15)24(22,23)12-4-2-1-3-5-12/h1-10,16H. The summed E-state index contributed by atoms with van der Waals surface area (Å²) in [7, 11) is -3.56. The van der Waals surface area contributed by atoms with Gasteiger partial charge in [-0.3, -0.25) is 4.99 Å². The van der Waals surface area contributed by atoms with Crippen LogP contribution in [-0.4, -0.2) is 19.4 Å². The van der Waals surface area contributed by atoms with Crippen molar-refractivity contribution >= 4 is 61.0 Å². The largest absolute Gasteiger partial charge is 0.250 e. The lowest BCUT2D eigenvalue weighted by atomic mass is 9.97. The van der Waals surface area contributed by atoms with Gasteiger partial charge >= 0.3 is 0 Å². The first-order chi connectivity index (χ1) is 11.5. The van der Waals surface area contributed by atoms with Crippen LogP contribution in [0.2, 0.25) is 5.02 Å². The first-order valence-electron chi connectivity index (χ1n) is 7.24. The van der Waals surface area contributed by atoms with E-state index in [0.717, 1.165) is 20.4 Å². The van der Waals surface area contributed by atoms with Gasteiger partial charge in [0.25, 0.3) is 0 Å². The Morgan fingerprint density at radius 1 is 1.08 bits per heavy atom. The minimum atomic E-state index is -3.56. The number of sulfone groups is 1. The quantitative estimate of drug-likeness (QED) is 0.585. The van der Waals surface area contributed by atoms with Gasteiger partial charge in [-0.15, -0.1) is 0 Å². The Morgan fingerprint density at radius 2 is 1.83 bits per heavy atom. The molecule has 0 amide bonds. The third kappa shape index (κ3) is 2.46. The van der Waals surface area contributed by atoms with Crippen LogP contribution in [0.3, 0.4) is 0 Å². The maximum Gasteiger partial charge on any atom is 0.190 e. The lowest BCUT2D eigenvalue weighted by Gasteiger charge is -2.20. The molecule has 0 saturated carbocycles. The third-order valence-corrected chi connectivity index (χ3v) is 7.17. The number of aliphatic imine (C=N–C) groups is 1. The summed E-state index contributed by atoms with van der Waals surface area (Å²) < 4.78 is 27.1. The molecule has 1 aliphatic carbocycles. The fourth-order valence-corrected chi connectivity index (χ4v) is 5.47. The highest BCUT2D eigenvalue weighted by Gasteiger charge is 2.38. The average Bonchev–Trinajstić information content (AvgIpc) is 2.95. The predicted molar refractivity (Wildman–Crippen MR) is 106 cm³/mol. The Hall–Kier alpha value is -1.44. The van der Waals surface area contributed by atoms with Crippen LogP contribution in [0.5, 0.6) is 0 Å². The summed E-state index contributed by atoms with van der Waals surface area (Å²) >= 11 is 8.32. The highest BCUT2D eigenvalue weighted by molar-refractivity contribution is 14.1. The molecule has 1 unspecified atom stereocenters. The van der Waals surface area contributed by atoms with Gasteiger partial charge < -0.3 is 0 Å². The number of benzene rings is 2. The molecule has 2 aromatic rings. The molecule has 3 nitrogen and oxygen atoms in total. The molecule has 4 rings (SSSR count). The fraction of sp³-hybridized carbons (Fsp3) is 0.0556. The number of hydrogen-bond donors (Lipinski definition) is 0. The maximum atomic E-state index is 13.1. The number of allylic oxidation sites excluding steroid dienone is 3. The zero-order valence-corrected chi connectivity index (χ0v) is 16.0. The van der Waals surface area contributed by atoms with E-state index >= 15 is 0 Å². The Labute approximate surface area is 158 Å². The molecule has 0 spiro atoms. The molecule has 1 atom stereocenters. The van der Waals surface area contributed by atoms with E-state index in [4.69, 9.17) is 11.6 Å². The summed E-state index contributed by atoms with van der Waals surface area (Å²) in [6, 6.07) is 13.9. The van der Waals surface area contributed by atoms with Crippen LogP contribution in [0.25, 0.3) is 5.57 Å². The number of hydrogen-bond acceptors (Lipinski definition) is 3. The maximum absolute atomic E-state index is 13.1. The molecule has 1 aliphatic heterocycles. The SMILES string of the molecule is O=S(=O)(c1ccccc1)C1C=CC(I)=C2C1=Nc1ccc(Cl)cc12. The molecule has 1 heterocycles. The van der Waals surface area contributed by atoms with Crippen LogP contribution in [0.4, 0.5) is 5.69 Å². The Kier molecular flexibility index (Phi) is 3.89. The molecule has 0 bridgehead atoms. The van der Waals surface area contributed by atoms with E-state index in [9.17, 15) is 8.42 Å². The summed E-state index contributed by atoms with van der Waals surface area (Å²) in [4.78, 5) is 4.90. The number of fused-ring (bicyclic) bond motifs is 3. The number of nitrogens with zero attached hydrogens (tertiary/aromatic N) is 1. The van der Waals surface area contributed by atoms with Crippen LogP contribution in [0.15, 0.2) is 74.2 Å². The van der Waals surface area contributed by atoms with Gasteiger partial charge in [0.2, 0.25) is 0 Å². The van der Waals surface area contributed by atoms with Crippen molar-refractivity contribution in [2.45, 2.75) is 10.1 Å². The van der Waals surface area contributed by atoms with Crippen molar-refractivity contribution in [3.05, 3.63) is 74.8 Å². The molecule has 2 aromatic carbocycles. The van der Waals surface area contributed by atoms with Gasteiger partial charge in [-0.05, 0) is 52.9 Å². The van der Waals surface area contributed by atoms with E-state index in [1.165, 1.54) is 0 Å². The van der Waals surface area contributed by atoms with Crippen molar-refractivity contribution in [3.8, 4) is 0 Å². The van der Waals surface area contributed by atoms with E-state index in [1.54, 1.807) is 42.5 Å². The van der Waals surface area contributed by atoms with E-state index in [2.05, 4.69) is 27.6 Å². The molecule has 2 aliphatic rings. The second-order valence-electron chi connectivity index (χ2n) is 5.52. The van der Waals surface area contributed by atoms with Crippen LogP contribution < -0.4 is 0 Å². The van der Waals surface area contributed by atoms with Gasteiger partial charge in [0, 0.05) is 19.7 Å². The predicted octanol–water partition coefficient (Wildman–Crippen LogP) is 4.98. The first-order valence-corrected chi connectivity index (χ1v) is 10.2. The van der Waals surface area contributed by atoms with Crippen molar-refractivity contribution in [2.24, 2.45) is 4.99 Å². The second kappa shape index (κ2) is 5.82. The normalized spacial score (nSPS) is 19.1. The fourth-order valence-electron chi connectivity index (χ4n) is 2.94. The number of rotatable bonds is 2. The number of halogens is 2. The van der Waals surface area contributed by atoms with Gasteiger partial charge in [0.1, 0.15) is 5.25 Å². The summed E-state index contributed by atoms with van der Waals surface area (Å²) in [5.41, 5.74) is 3.08. The van der Waals surface area contributed by atoms with Crippen LogP contribution >= 0.6 is 34.2 Å². The minimum absolute atomic E-state index is 0.299. The van der Waals surface area contributed by atoms with Gasteiger partial charge in [-0.2, -0.15) is 0 Å². The summed E-state index contributed by atoms with van der Waals surface area (Å²) in [5.74, 6) is 0.